The number of thiophene rings is 1. The zero-order valence-electron chi connectivity index (χ0n) is 16.6. The van der Waals surface area contributed by atoms with Gasteiger partial charge in [-0.05, 0) is 6.07 Å². The summed E-state index contributed by atoms with van der Waals surface area (Å²) < 4.78 is 57.7. The van der Waals surface area contributed by atoms with Crippen molar-refractivity contribution < 1.29 is 27.4 Å². The number of alkyl halides is 3. The van der Waals surface area contributed by atoms with Crippen LogP contribution in [0.3, 0.4) is 0 Å². The Bertz CT molecular complexity index is 1230. The summed E-state index contributed by atoms with van der Waals surface area (Å²) in [7, 11) is 3.08. The van der Waals surface area contributed by atoms with Gasteiger partial charge in [-0.3, -0.25) is 4.57 Å². The Morgan fingerprint density at radius 3 is 2.45 bits per heavy atom. The zero-order chi connectivity index (χ0) is 22.2. The molecule has 10 heteroatoms. The Balaban J connectivity index is 1.64. The third-order valence-corrected chi connectivity index (χ3v) is 5.65. The second-order valence-electron chi connectivity index (χ2n) is 6.57. The lowest BCUT2D eigenvalue weighted by atomic mass is 10.1. The standard InChI is InChI=1S/C21H18F3N3O3S/c1-28-16-7-14-15(8-17(16)29-2)27(11-26-14)19-9-18(20(25)31-19)30-10-12-5-3-4-6-13(12)21(22,23)24/h3-9,11H,10,25H2,1-2H3. The first kappa shape index (κ1) is 20.9. The number of nitrogens with zero attached hydrogens (tertiary/aromatic N) is 2. The third kappa shape index (κ3) is 3.98. The summed E-state index contributed by atoms with van der Waals surface area (Å²) in [5.41, 5.74) is 6.82. The number of hydrogen-bond donors (Lipinski definition) is 1. The van der Waals surface area contributed by atoms with E-state index in [1.807, 2.05) is 0 Å². The van der Waals surface area contributed by atoms with Gasteiger partial charge in [-0.15, -0.1) is 0 Å². The summed E-state index contributed by atoms with van der Waals surface area (Å²) in [6, 6.07) is 10.5. The number of methoxy groups -OCH3 is 2. The smallest absolute Gasteiger partial charge is 0.416 e. The lowest BCUT2D eigenvalue weighted by Crippen LogP contribution is -2.10. The number of ether oxygens (including phenoxy) is 3. The molecule has 0 bridgehead atoms. The van der Waals surface area contributed by atoms with Crippen LogP contribution in [-0.2, 0) is 12.8 Å². The van der Waals surface area contributed by atoms with E-state index in [1.54, 1.807) is 36.2 Å². The molecule has 4 aromatic rings. The second-order valence-corrected chi connectivity index (χ2v) is 7.63. The number of fused-ring (bicyclic) bond motifs is 1. The first-order valence-electron chi connectivity index (χ1n) is 9.08. The molecule has 0 atom stereocenters. The fourth-order valence-electron chi connectivity index (χ4n) is 3.20. The number of halogens is 3. The van der Waals surface area contributed by atoms with E-state index >= 15 is 0 Å². The first-order chi connectivity index (χ1) is 14.8. The van der Waals surface area contributed by atoms with Crippen molar-refractivity contribution in [3.05, 3.63) is 59.9 Å². The van der Waals surface area contributed by atoms with Crippen LogP contribution in [0.5, 0.6) is 17.2 Å². The van der Waals surface area contributed by atoms with Crippen LogP contribution < -0.4 is 19.9 Å². The van der Waals surface area contributed by atoms with Crippen molar-refractivity contribution in [1.29, 1.82) is 0 Å². The van der Waals surface area contributed by atoms with Gasteiger partial charge < -0.3 is 19.9 Å². The van der Waals surface area contributed by atoms with Crippen molar-refractivity contribution >= 4 is 27.4 Å². The summed E-state index contributed by atoms with van der Waals surface area (Å²) in [5, 5.41) is 1.05. The molecule has 0 amide bonds. The van der Waals surface area contributed by atoms with Crippen LogP contribution >= 0.6 is 11.3 Å². The normalized spacial score (nSPS) is 11.6. The molecule has 6 nitrogen and oxygen atoms in total. The highest BCUT2D eigenvalue weighted by atomic mass is 32.1. The van der Waals surface area contributed by atoms with Gasteiger partial charge in [0, 0.05) is 23.8 Å². The van der Waals surface area contributed by atoms with Gasteiger partial charge in [0.25, 0.3) is 0 Å². The van der Waals surface area contributed by atoms with E-state index in [1.165, 1.54) is 36.6 Å². The summed E-state index contributed by atoms with van der Waals surface area (Å²) in [6.45, 7) is -0.258. The number of aromatic nitrogens is 2. The molecule has 2 aromatic heterocycles. The van der Waals surface area contributed by atoms with Crippen molar-refractivity contribution in [2.24, 2.45) is 0 Å². The molecule has 0 aliphatic rings. The van der Waals surface area contributed by atoms with E-state index in [0.717, 1.165) is 11.6 Å². The van der Waals surface area contributed by atoms with Gasteiger partial charge in [0.2, 0.25) is 0 Å². The average molecular weight is 449 g/mol. The highest BCUT2D eigenvalue weighted by Crippen LogP contribution is 2.39. The number of nitrogen functional groups attached to an aromatic ring is 1. The summed E-state index contributed by atoms with van der Waals surface area (Å²) >= 11 is 1.24. The number of nitrogens with two attached hydrogens (primary N) is 1. The number of rotatable bonds is 6. The van der Waals surface area contributed by atoms with Crippen LogP contribution in [-0.4, -0.2) is 23.8 Å². The minimum atomic E-state index is -4.46. The molecule has 2 N–H and O–H groups in total. The summed E-state index contributed by atoms with van der Waals surface area (Å²) in [4.78, 5) is 4.38. The molecule has 0 unspecified atom stereocenters. The number of anilines is 1. The number of hydrogen-bond acceptors (Lipinski definition) is 6. The lowest BCUT2D eigenvalue weighted by Gasteiger charge is -2.13. The molecule has 4 rings (SSSR count). The van der Waals surface area contributed by atoms with Crippen molar-refractivity contribution in [3.8, 4) is 22.2 Å². The average Bonchev–Trinajstić information content (AvgIpc) is 3.33. The van der Waals surface area contributed by atoms with Crippen molar-refractivity contribution in [3.63, 3.8) is 0 Å². The van der Waals surface area contributed by atoms with Crippen molar-refractivity contribution in [2.75, 3.05) is 20.0 Å². The molecule has 31 heavy (non-hydrogen) atoms. The molecule has 0 aliphatic carbocycles. The molecule has 0 saturated carbocycles. The maximum absolute atomic E-state index is 13.2. The minimum absolute atomic E-state index is 0.0343. The summed E-state index contributed by atoms with van der Waals surface area (Å²) in [5.74, 6) is 1.40. The van der Waals surface area contributed by atoms with Gasteiger partial charge in [-0.25, -0.2) is 4.98 Å². The second kappa shape index (κ2) is 8.03. The fraction of sp³-hybridized carbons (Fsp3) is 0.190. The van der Waals surface area contributed by atoms with E-state index in [4.69, 9.17) is 19.9 Å². The maximum Gasteiger partial charge on any atom is 0.416 e. The van der Waals surface area contributed by atoms with Gasteiger partial charge in [0.05, 0.1) is 30.8 Å². The fourth-order valence-corrected chi connectivity index (χ4v) is 4.05. The van der Waals surface area contributed by atoms with Gasteiger partial charge >= 0.3 is 6.18 Å². The Morgan fingerprint density at radius 1 is 1.03 bits per heavy atom. The molecule has 2 aromatic carbocycles. The predicted molar refractivity (Wildman–Crippen MR) is 112 cm³/mol. The van der Waals surface area contributed by atoms with Crippen molar-refractivity contribution in [2.45, 2.75) is 12.8 Å². The minimum Gasteiger partial charge on any atom is -0.493 e. The van der Waals surface area contributed by atoms with Crippen LogP contribution in [0.15, 0.2) is 48.8 Å². The Kier molecular flexibility index (Phi) is 5.40. The topological polar surface area (TPSA) is 71.5 Å². The third-order valence-electron chi connectivity index (χ3n) is 4.71. The van der Waals surface area contributed by atoms with Crippen LogP contribution in [0.4, 0.5) is 18.2 Å². The molecular weight excluding hydrogens is 431 g/mol. The van der Waals surface area contributed by atoms with E-state index in [9.17, 15) is 13.2 Å². The van der Waals surface area contributed by atoms with E-state index in [2.05, 4.69) is 4.98 Å². The monoisotopic (exact) mass is 449 g/mol. The SMILES string of the molecule is COc1cc2ncn(-c3cc(OCc4ccccc4C(F)(F)F)c(N)s3)c2cc1OC. The van der Waals surface area contributed by atoms with Crippen LogP contribution in [0.1, 0.15) is 11.1 Å². The highest BCUT2D eigenvalue weighted by Gasteiger charge is 2.33. The largest absolute Gasteiger partial charge is 0.493 e. The van der Waals surface area contributed by atoms with E-state index < -0.39 is 11.7 Å². The molecule has 0 aliphatic heterocycles. The van der Waals surface area contributed by atoms with Crippen molar-refractivity contribution in [1.82, 2.24) is 9.55 Å². The maximum atomic E-state index is 13.2. The molecule has 0 fully saturated rings. The predicted octanol–water partition coefficient (Wildman–Crippen LogP) is 5.28. The van der Waals surface area contributed by atoms with Gasteiger partial charge in [-0.2, -0.15) is 13.2 Å². The quantitative estimate of drug-likeness (QED) is 0.433. The lowest BCUT2D eigenvalue weighted by molar-refractivity contribution is -0.138. The van der Waals surface area contributed by atoms with Crippen LogP contribution in [0.25, 0.3) is 16.0 Å². The van der Waals surface area contributed by atoms with Crippen LogP contribution in [0.2, 0.25) is 0 Å². The zero-order valence-corrected chi connectivity index (χ0v) is 17.4. The molecule has 0 spiro atoms. The molecule has 2 heterocycles. The molecule has 0 saturated heterocycles. The summed E-state index contributed by atoms with van der Waals surface area (Å²) in [6.07, 6.45) is -2.83. The van der Waals surface area contributed by atoms with E-state index in [-0.39, 0.29) is 12.2 Å². The Labute approximate surface area is 179 Å². The Morgan fingerprint density at radius 2 is 1.74 bits per heavy atom. The van der Waals surface area contributed by atoms with Gasteiger partial charge in [0.15, 0.2) is 17.2 Å². The molecular formula is C21H18F3N3O3S. The number of imidazole rings is 1. The van der Waals surface area contributed by atoms with Gasteiger partial charge in [0.1, 0.15) is 22.9 Å². The number of benzene rings is 2. The highest BCUT2D eigenvalue weighted by molar-refractivity contribution is 7.18. The molecule has 0 radical (unpaired) electrons. The van der Waals surface area contributed by atoms with E-state index in [0.29, 0.717) is 32.8 Å². The van der Waals surface area contributed by atoms with Crippen LogP contribution in [0, 0.1) is 0 Å². The first-order valence-corrected chi connectivity index (χ1v) is 9.90. The van der Waals surface area contributed by atoms with Gasteiger partial charge in [-0.1, -0.05) is 29.5 Å². The molecule has 162 valence electrons. The Hall–Kier alpha value is -3.40.